The fraction of sp³-hybridized carbons (Fsp3) is 0.308. The normalized spacial score (nSPS) is 13.3. The molecule has 0 bridgehead atoms. The third-order valence-electron chi connectivity index (χ3n) is 3.02. The van der Waals surface area contributed by atoms with Crippen LogP contribution in [0.25, 0.3) is 0 Å². The van der Waals surface area contributed by atoms with Crippen molar-refractivity contribution >= 4 is 26.0 Å². The molecule has 0 aliphatic rings. The van der Waals surface area contributed by atoms with Gasteiger partial charge in [0.05, 0.1) is 6.20 Å². The maximum Gasteiger partial charge on any atom is 0.258 e. The van der Waals surface area contributed by atoms with Crippen molar-refractivity contribution in [2.24, 2.45) is 0 Å². The zero-order valence-corrected chi connectivity index (χ0v) is 14.1. The van der Waals surface area contributed by atoms with Gasteiger partial charge < -0.3 is 5.32 Å². The highest BCUT2D eigenvalue weighted by Crippen LogP contribution is 2.20. The Balaban J connectivity index is 2.20. The first-order valence-corrected chi connectivity index (χ1v) is 8.66. The van der Waals surface area contributed by atoms with Crippen molar-refractivity contribution in [3.05, 3.63) is 46.1 Å². The molecular weight excluding hydrogens is 356 g/mol. The lowest BCUT2D eigenvalue weighted by molar-refractivity contribution is 0.560. The second-order valence-electron chi connectivity index (χ2n) is 4.65. The van der Waals surface area contributed by atoms with Crippen LogP contribution in [0.3, 0.4) is 0 Å². The fourth-order valence-corrected chi connectivity index (χ4v) is 3.59. The molecule has 0 saturated heterocycles. The van der Waals surface area contributed by atoms with E-state index in [-0.39, 0.29) is 11.1 Å². The van der Waals surface area contributed by atoms with Gasteiger partial charge in [-0.3, -0.25) is 5.10 Å². The van der Waals surface area contributed by atoms with E-state index in [9.17, 15) is 8.42 Å². The molecule has 0 aliphatic carbocycles. The molecule has 1 aromatic heterocycles. The molecule has 0 aliphatic heterocycles. The molecule has 3 N–H and O–H groups in total. The summed E-state index contributed by atoms with van der Waals surface area (Å²) < 4.78 is 28.4. The van der Waals surface area contributed by atoms with Gasteiger partial charge in [0.15, 0.2) is 5.03 Å². The van der Waals surface area contributed by atoms with Crippen molar-refractivity contribution in [3.8, 4) is 0 Å². The van der Waals surface area contributed by atoms with E-state index in [1.807, 2.05) is 24.3 Å². The summed E-state index contributed by atoms with van der Waals surface area (Å²) in [5.41, 5.74) is 1.49. The first-order valence-electron chi connectivity index (χ1n) is 6.38. The molecule has 1 atom stereocenters. The zero-order chi connectivity index (χ0) is 15.5. The molecule has 0 spiro atoms. The molecule has 1 heterocycles. The van der Waals surface area contributed by atoms with Crippen LogP contribution in [0.5, 0.6) is 0 Å². The van der Waals surface area contributed by atoms with Crippen LogP contribution >= 0.6 is 15.9 Å². The highest BCUT2D eigenvalue weighted by Gasteiger charge is 2.23. The maximum atomic E-state index is 12.4. The van der Waals surface area contributed by atoms with Gasteiger partial charge >= 0.3 is 0 Å². The molecule has 6 nitrogen and oxygen atoms in total. The van der Waals surface area contributed by atoms with E-state index in [4.69, 9.17) is 0 Å². The van der Waals surface area contributed by atoms with Crippen LogP contribution in [0.1, 0.15) is 24.1 Å². The van der Waals surface area contributed by atoms with E-state index in [0.29, 0.717) is 12.1 Å². The monoisotopic (exact) mass is 372 g/mol. The fourth-order valence-electron chi connectivity index (χ4n) is 1.96. The smallest absolute Gasteiger partial charge is 0.258 e. The summed E-state index contributed by atoms with van der Waals surface area (Å²) in [5, 5.41) is 9.37. The van der Waals surface area contributed by atoms with E-state index >= 15 is 0 Å². The topological polar surface area (TPSA) is 86.9 Å². The summed E-state index contributed by atoms with van der Waals surface area (Å²) in [5.74, 6) is 0. The van der Waals surface area contributed by atoms with E-state index in [1.165, 1.54) is 6.20 Å². The molecule has 114 valence electrons. The Kier molecular flexibility index (Phi) is 5.15. The van der Waals surface area contributed by atoms with Crippen LogP contribution in [-0.4, -0.2) is 25.7 Å². The average molecular weight is 373 g/mol. The lowest BCUT2D eigenvalue weighted by atomic mass is 10.1. The first kappa shape index (κ1) is 16.2. The zero-order valence-electron chi connectivity index (χ0n) is 11.7. The predicted molar refractivity (Wildman–Crippen MR) is 84.2 cm³/mol. The molecule has 21 heavy (non-hydrogen) atoms. The quantitative estimate of drug-likeness (QED) is 0.722. The van der Waals surface area contributed by atoms with Gasteiger partial charge in [-0.25, -0.2) is 13.1 Å². The minimum absolute atomic E-state index is 0.0980. The Bertz CT molecular complexity index is 697. The summed E-state index contributed by atoms with van der Waals surface area (Å²) in [6, 6.07) is 7.16. The number of halogens is 1. The van der Waals surface area contributed by atoms with Gasteiger partial charge in [-0.2, -0.15) is 5.10 Å². The third kappa shape index (κ3) is 3.91. The van der Waals surface area contributed by atoms with Crippen molar-refractivity contribution in [2.75, 3.05) is 7.05 Å². The second-order valence-corrected chi connectivity index (χ2v) is 7.22. The van der Waals surface area contributed by atoms with Crippen molar-refractivity contribution < 1.29 is 8.42 Å². The third-order valence-corrected chi connectivity index (χ3v) is 5.10. The number of rotatable bonds is 6. The number of aromatic amines is 1. The molecule has 1 unspecified atom stereocenters. The number of sulfonamides is 1. The highest BCUT2D eigenvalue weighted by molar-refractivity contribution is 9.10. The molecule has 0 saturated carbocycles. The molecule has 2 aromatic rings. The lowest BCUT2D eigenvalue weighted by Crippen LogP contribution is -2.28. The van der Waals surface area contributed by atoms with E-state index in [0.717, 1.165) is 10.0 Å². The Morgan fingerprint density at radius 3 is 2.62 bits per heavy atom. The molecular formula is C13H17BrN4O2S. The predicted octanol–water partition coefficient (Wildman–Crippen LogP) is 1.93. The molecule has 1 aromatic carbocycles. The Hall–Kier alpha value is -1.22. The van der Waals surface area contributed by atoms with E-state index in [2.05, 4.69) is 36.2 Å². The summed E-state index contributed by atoms with van der Waals surface area (Å²) in [6.07, 6.45) is 1.51. The van der Waals surface area contributed by atoms with Crippen LogP contribution in [0.4, 0.5) is 0 Å². The minimum Gasteiger partial charge on any atom is -0.316 e. The van der Waals surface area contributed by atoms with E-state index in [1.54, 1.807) is 14.0 Å². The molecule has 2 rings (SSSR count). The molecule has 0 amide bonds. The lowest BCUT2D eigenvalue weighted by Gasteiger charge is -2.14. The van der Waals surface area contributed by atoms with Crippen molar-refractivity contribution in [3.63, 3.8) is 0 Å². The maximum absolute atomic E-state index is 12.4. The van der Waals surface area contributed by atoms with Gasteiger partial charge in [0, 0.05) is 22.6 Å². The van der Waals surface area contributed by atoms with Gasteiger partial charge in [0.25, 0.3) is 10.0 Å². The number of nitrogens with zero attached hydrogens (tertiary/aromatic N) is 1. The van der Waals surface area contributed by atoms with Crippen molar-refractivity contribution in [1.29, 1.82) is 0 Å². The van der Waals surface area contributed by atoms with E-state index < -0.39 is 10.0 Å². The number of nitrogens with one attached hydrogen (secondary N) is 3. The van der Waals surface area contributed by atoms with Gasteiger partial charge in [0.1, 0.15) is 0 Å². The summed E-state index contributed by atoms with van der Waals surface area (Å²) >= 11 is 3.36. The van der Waals surface area contributed by atoms with Crippen molar-refractivity contribution in [1.82, 2.24) is 20.2 Å². The largest absolute Gasteiger partial charge is 0.316 e. The molecule has 8 heteroatoms. The summed E-state index contributed by atoms with van der Waals surface area (Å²) in [6.45, 7) is 2.23. The Morgan fingerprint density at radius 1 is 1.33 bits per heavy atom. The molecule has 0 radical (unpaired) electrons. The Morgan fingerprint density at radius 2 is 2.00 bits per heavy atom. The van der Waals surface area contributed by atoms with Crippen LogP contribution < -0.4 is 10.0 Å². The SMILES string of the molecule is CNCc1cn[nH]c1S(=O)(=O)NC(C)c1ccc(Br)cc1. The number of aromatic nitrogens is 2. The van der Waals surface area contributed by atoms with Gasteiger partial charge in [-0.1, -0.05) is 28.1 Å². The highest BCUT2D eigenvalue weighted by atomic mass is 79.9. The van der Waals surface area contributed by atoms with Gasteiger partial charge in [-0.15, -0.1) is 0 Å². The standard InChI is InChI=1S/C13H17BrN4O2S/c1-9(10-3-5-12(14)6-4-10)18-21(19,20)13-11(7-15-2)8-16-17-13/h3-6,8-9,15,18H,7H2,1-2H3,(H,16,17). The number of H-pyrrole nitrogens is 1. The average Bonchev–Trinajstić information content (AvgIpc) is 2.88. The van der Waals surface area contributed by atoms with Gasteiger partial charge in [-0.05, 0) is 31.7 Å². The summed E-state index contributed by atoms with van der Waals surface area (Å²) in [4.78, 5) is 0. The first-order chi connectivity index (χ1) is 9.94. The van der Waals surface area contributed by atoms with Crippen molar-refractivity contribution in [2.45, 2.75) is 24.5 Å². The van der Waals surface area contributed by atoms with Gasteiger partial charge in [0.2, 0.25) is 0 Å². The van der Waals surface area contributed by atoms with Crippen LogP contribution in [0.15, 0.2) is 40.0 Å². The number of benzene rings is 1. The molecule has 0 fully saturated rings. The summed E-state index contributed by atoms with van der Waals surface area (Å²) in [7, 11) is -1.90. The van der Waals surface area contributed by atoms with Crippen LogP contribution in [0, 0.1) is 0 Å². The number of hydrogen-bond donors (Lipinski definition) is 3. The second kappa shape index (κ2) is 6.69. The van der Waals surface area contributed by atoms with Crippen LogP contribution in [-0.2, 0) is 16.6 Å². The minimum atomic E-state index is -3.65. The number of hydrogen-bond acceptors (Lipinski definition) is 4. The Labute approximate surface area is 132 Å². The van der Waals surface area contributed by atoms with Crippen LogP contribution in [0.2, 0.25) is 0 Å².